The van der Waals surface area contributed by atoms with Crippen molar-refractivity contribution in [1.29, 1.82) is 0 Å². The number of esters is 3. The van der Waals surface area contributed by atoms with E-state index in [1.54, 1.807) is 4.57 Å². The van der Waals surface area contributed by atoms with Crippen LogP contribution in [0.2, 0.25) is 0 Å². The minimum absolute atomic E-state index is 0.00242. The summed E-state index contributed by atoms with van der Waals surface area (Å²) in [7, 11) is 1.18. The number of fused-ring (bicyclic) bond motifs is 1. The van der Waals surface area contributed by atoms with Gasteiger partial charge in [0.2, 0.25) is 5.43 Å². The molecule has 0 saturated carbocycles. The third kappa shape index (κ3) is 3.68. The number of carbonyl (C=O) groups is 3. The van der Waals surface area contributed by atoms with E-state index in [2.05, 4.69) is 4.74 Å². The predicted molar refractivity (Wildman–Crippen MR) is 87.8 cm³/mol. The quantitative estimate of drug-likeness (QED) is 0.612. The number of carbonyl (C=O) groups excluding carboxylic acids is 3. The van der Waals surface area contributed by atoms with E-state index in [4.69, 9.17) is 9.47 Å². The van der Waals surface area contributed by atoms with Crippen molar-refractivity contribution in [3.8, 4) is 11.5 Å². The zero-order valence-electron chi connectivity index (χ0n) is 14.2. The Kier molecular flexibility index (Phi) is 5.21. The fraction of sp³-hybridized carbons (Fsp3) is 0.294. The number of aromatic nitrogens is 1. The van der Waals surface area contributed by atoms with Crippen LogP contribution in [0.1, 0.15) is 31.1 Å². The second kappa shape index (κ2) is 7.16. The highest BCUT2D eigenvalue weighted by atomic mass is 16.6. The normalized spacial score (nSPS) is 10.4. The standard InChI is InChI=1S/C17H17NO7/c1-5-18-8-12(17(22)23-4)16(21)11-6-14(24-9(2)19)15(7-13(11)18)25-10(3)20/h6-8H,5H2,1-4H3. The monoisotopic (exact) mass is 347 g/mol. The molecule has 0 amide bonds. The first-order valence-corrected chi connectivity index (χ1v) is 7.44. The lowest BCUT2D eigenvalue weighted by Crippen LogP contribution is -2.20. The van der Waals surface area contributed by atoms with Crippen molar-refractivity contribution in [2.75, 3.05) is 7.11 Å². The fourth-order valence-electron chi connectivity index (χ4n) is 2.38. The molecule has 0 bridgehead atoms. The highest BCUT2D eigenvalue weighted by Crippen LogP contribution is 2.32. The summed E-state index contributed by atoms with van der Waals surface area (Å²) < 4.78 is 16.4. The number of pyridine rings is 1. The van der Waals surface area contributed by atoms with Crippen LogP contribution in [0, 0.1) is 0 Å². The lowest BCUT2D eigenvalue weighted by atomic mass is 10.1. The molecule has 0 spiro atoms. The number of aryl methyl sites for hydroxylation is 1. The van der Waals surface area contributed by atoms with E-state index in [1.165, 1.54) is 39.3 Å². The summed E-state index contributed by atoms with van der Waals surface area (Å²) in [4.78, 5) is 47.0. The number of hydrogen-bond acceptors (Lipinski definition) is 7. The van der Waals surface area contributed by atoms with Gasteiger partial charge in [-0.05, 0) is 13.0 Å². The molecule has 0 aliphatic heterocycles. The Morgan fingerprint density at radius 3 is 2.08 bits per heavy atom. The molecule has 132 valence electrons. The number of ether oxygens (including phenoxy) is 3. The molecule has 8 heteroatoms. The molecule has 1 heterocycles. The Morgan fingerprint density at radius 2 is 1.60 bits per heavy atom. The Balaban J connectivity index is 2.85. The van der Waals surface area contributed by atoms with Crippen LogP contribution in [0.25, 0.3) is 10.9 Å². The summed E-state index contributed by atoms with van der Waals surface area (Å²) in [5.74, 6) is -2.11. The summed E-state index contributed by atoms with van der Waals surface area (Å²) in [6.45, 7) is 4.63. The largest absolute Gasteiger partial charge is 0.465 e. The molecule has 0 atom stereocenters. The van der Waals surface area contributed by atoms with Crippen LogP contribution in [0.3, 0.4) is 0 Å². The lowest BCUT2D eigenvalue weighted by molar-refractivity contribution is -0.134. The molecule has 2 rings (SSSR count). The molecule has 8 nitrogen and oxygen atoms in total. The van der Waals surface area contributed by atoms with Crippen LogP contribution in [0.5, 0.6) is 11.5 Å². The van der Waals surface area contributed by atoms with Crippen molar-refractivity contribution in [2.24, 2.45) is 0 Å². The van der Waals surface area contributed by atoms with Gasteiger partial charge in [-0.1, -0.05) is 0 Å². The maximum absolute atomic E-state index is 12.6. The summed E-state index contributed by atoms with van der Waals surface area (Å²) in [6.07, 6.45) is 1.37. The molecule has 0 aliphatic rings. The van der Waals surface area contributed by atoms with Crippen LogP contribution in [-0.2, 0) is 20.9 Å². The van der Waals surface area contributed by atoms with Gasteiger partial charge in [0.1, 0.15) is 5.56 Å². The van der Waals surface area contributed by atoms with E-state index >= 15 is 0 Å². The van der Waals surface area contributed by atoms with Gasteiger partial charge in [-0.15, -0.1) is 0 Å². The number of nitrogens with zero attached hydrogens (tertiary/aromatic N) is 1. The fourth-order valence-corrected chi connectivity index (χ4v) is 2.38. The lowest BCUT2D eigenvalue weighted by Gasteiger charge is -2.14. The first-order valence-electron chi connectivity index (χ1n) is 7.44. The summed E-state index contributed by atoms with van der Waals surface area (Å²) in [5.41, 5.74) is -0.299. The SMILES string of the molecule is CCn1cc(C(=O)OC)c(=O)c2cc(OC(C)=O)c(OC(C)=O)cc21. The summed E-state index contributed by atoms with van der Waals surface area (Å²) in [6, 6.07) is 2.69. The molecule has 0 unspecified atom stereocenters. The van der Waals surface area contributed by atoms with Gasteiger partial charge < -0.3 is 18.8 Å². The van der Waals surface area contributed by atoms with Gasteiger partial charge in [0.25, 0.3) is 0 Å². The van der Waals surface area contributed by atoms with E-state index in [0.29, 0.717) is 12.1 Å². The smallest absolute Gasteiger partial charge is 0.343 e. The molecule has 0 aliphatic carbocycles. The van der Waals surface area contributed by atoms with E-state index in [9.17, 15) is 19.2 Å². The van der Waals surface area contributed by atoms with Gasteiger partial charge in [0.15, 0.2) is 11.5 Å². The van der Waals surface area contributed by atoms with Crippen molar-refractivity contribution < 1.29 is 28.6 Å². The topological polar surface area (TPSA) is 101 Å². The van der Waals surface area contributed by atoms with Crippen molar-refractivity contribution in [1.82, 2.24) is 4.57 Å². The average Bonchev–Trinajstić information content (AvgIpc) is 2.54. The number of rotatable bonds is 4. The minimum Gasteiger partial charge on any atom is -0.465 e. The maximum Gasteiger partial charge on any atom is 0.343 e. The van der Waals surface area contributed by atoms with E-state index in [1.807, 2.05) is 6.92 Å². The van der Waals surface area contributed by atoms with Gasteiger partial charge in [-0.3, -0.25) is 14.4 Å². The van der Waals surface area contributed by atoms with E-state index in [-0.39, 0.29) is 22.4 Å². The Labute approximate surface area is 142 Å². The molecule has 2 aromatic rings. The summed E-state index contributed by atoms with van der Waals surface area (Å²) >= 11 is 0. The number of hydrogen-bond donors (Lipinski definition) is 0. The number of methoxy groups -OCH3 is 1. The summed E-state index contributed by atoms with van der Waals surface area (Å²) in [5, 5.41) is 0.136. The van der Waals surface area contributed by atoms with Crippen LogP contribution >= 0.6 is 0 Å². The second-order valence-corrected chi connectivity index (χ2v) is 5.15. The van der Waals surface area contributed by atoms with Gasteiger partial charge in [0.05, 0.1) is 18.0 Å². The Hall–Kier alpha value is -3.16. The molecule has 1 aromatic heterocycles. The molecule has 0 saturated heterocycles. The van der Waals surface area contributed by atoms with Crippen molar-refractivity contribution in [3.05, 3.63) is 34.1 Å². The zero-order valence-corrected chi connectivity index (χ0v) is 14.2. The Morgan fingerprint density at radius 1 is 1.04 bits per heavy atom. The van der Waals surface area contributed by atoms with E-state index < -0.39 is 23.3 Å². The molecule has 0 N–H and O–H groups in total. The van der Waals surface area contributed by atoms with Gasteiger partial charge in [-0.2, -0.15) is 0 Å². The minimum atomic E-state index is -0.771. The van der Waals surface area contributed by atoms with Crippen molar-refractivity contribution in [2.45, 2.75) is 27.3 Å². The molecule has 0 fully saturated rings. The molecule has 1 aromatic carbocycles. The van der Waals surface area contributed by atoms with Crippen LogP contribution in [-0.4, -0.2) is 29.6 Å². The first kappa shape index (κ1) is 18.2. The van der Waals surface area contributed by atoms with Gasteiger partial charge in [0, 0.05) is 32.7 Å². The Bertz CT molecular complexity index is 927. The van der Waals surface area contributed by atoms with Crippen molar-refractivity contribution in [3.63, 3.8) is 0 Å². The van der Waals surface area contributed by atoms with Gasteiger partial charge >= 0.3 is 17.9 Å². The molecular weight excluding hydrogens is 330 g/mol. The van der Waals surface area contributed by atoms with Gasteiger partial charge in [-0.25, -0.2) is 4.79 Å². The number of benzene rings is 1. The average molecular weight is 347 g/mol. The van der Waals surface area contributed by atoms with Crippen molar-refractivity contribution >= 4 is 28.8 Å². The highest BCUT2D eigenvalue weighted by molar-refractivity contribution is 5.95. The molecule has 0 radical (unpaired) electrons. The maximum atomic E-state index is 12.6. The van der Waals surface area contributed by atoms with Crippen LogP contribution in [0.4, 0.5) is 0 Å². The third-order valence-electron chi connectivity index (χ3n) is 3.40. The molecular formula is C17H17NO7. The third-order valence-corrected chi connectivity index (χ3v) is 3.40. The zero-order chi connectivity index (χ0) is 18.7. The van der Waals surface area contributed by atoms with Crippen LogP contribution in [0.15, 0.2) is 23.1 Å². The predicted octanol–water partition coefficient (Wildman–Crippen LogP) is 1.66. The molecule has 25 heavy (non-hydrogen) atoms. The highest BCUT2D eigenvalue weighted by Gasteiger charge is 2.19. The second-order valence-electron chi connectivity index (χ2n) is 5.15. The first-order chi connectivity index (χ1) is 11.8. The van der Waals surface area contributed by atoms with E-state index in [0.717, 1.165) is 0 Å². The van der Waals surface area contributed by atoms with Crippen LogP contribution < -0.4 is 14.9 Å².